The maximum absolute atomic E-state index is 13.0. The Hall–Kier alpha value is -2.71. The minimum Gasteiger partial charge on any atom is -0.462 e. The van der Waals surface area contributed by atoms with Crippen molar-refractivity contribution in [3.8, 4) is 0 Å². The molecule has 2 unspecified atom stereocenters. The van der Waals surface area contributed by atoms with Crippen LogP contribution in [-0.4, -0.2) is 49.5 Å². The first-order valence-electron chi connectivity index (χ1n) is 10.6. The highest BCUT2D eigenvalue weighted by Crippen LogP contribution is 2.29. The third-order valence-electron chi connectivity index (χ3n) is 5.36. The molecule has 0 spiro atoms. The Kier molecular flexibility index (Phi) is 9.21. The summed E-state index contributed by atoms with van der Waals surface area (Å²) in [5, 5.41) is 3.29. The van der Waals surface area contributed by atoms with Crippen LogP contribution in [0, 0.1) is 5.92 Å². The van der Waals surface area contributed by atoms with Gasteiger partial charge in [-0.2, -0.15) is 5.06 Å². The van der Waals surface area contributed by atoms with E-state index in [2.05, 4.69) is 19.2 Å². The number of carbonyl (C=O) groups excluding carboxylic acids is 3. The van der Waals surface area contributed by atoms with Crippen LogP contribution < -0.4 is 5.32 Å². The smallest absolute Gasteiger partial charge is 0.339 e. The van der Waals surface area contributed by atoms with Gasteiger partial charge < -0.3 is 14.8 Å². The van der Waals surface area contributed by atoms with E-state index in [1.54, 1.807) is 6.08 Å². The lowest BCUT2D eigenvalue weighted by atomic mass is 10.0. The molecule has 1 aliphatic rings. The van der Waals surface area contributed by atoms with E-state index in [0.717, 1.165) is 36.3 Å². The number of ether oxygens (including phenoxy) is 2. The topological polar surface area (TPSA) is 94.2 Å². The molecule has 1 heterocycles. The van der Waals surface area contributed by atoms with Gasteiger partial charge in [0.05, 0.1) is 20.1 Å². The molecule has 8 heteroatoms. The molecule has 1 aliphatic heterocycles. The van der Waals surface area contributed by atoms with Crippen molar-refractivity contribution >= 4 is 23.9 Å². The van der Waals surface area contributed by atoms with Gasteiger partial charge in [0, 0.05) is 12.7 Å². The second-order valence-electron chi connectivity index (χ2n) is 7.50. The van der Waals surface area contributed by atoms with Crippen LogP contribution in [0.25, 0.3) is 6.08 Å². The number of hydrogen-bond acceptors (Lipinski definition) is 6. The predicted molar refractivity (Wildman–Crippen MR) is 115 cm³/mol. The molecule has 2 rings (SSSR count). The number of methoxy groups -OCH3 is 1. The van der Waals surface area contributed by atoms with Crippen LogP contribution >= 0.6 is 0 Å². The number of esters is 1. The molecular weight excluding hydrogens is 400 g/mol. The van der Waals surface area contributed by atoms with Gasteiger partial charge in [-0.3, -0.25) is 14.4 Å². The lowest BCUT2D eigenvalue weighted by molar-refractivity contribution is -0.266. The highest BCUT2D eigenvalue weighted by atomic mass is 16.7. The average Bonchev–Trinajstić information content (AvgIpc) is 3.03. The molecule has 1 saturated heterocycles. The molecule has 0 bridgehead atoms. The zero-order chi connectivity index (χ0) is 22.9. The molecule has 0 radical (unpaired) electrons. The summed E-state index contributed by atoms with van der Waals surface area (Å²) in [5.41, 5.74) is 1.02. The molecule has 0 aliphatic carbocycles. The van der Waals surface area contributed by atoms with Gasteiger partial charge in [0.25, 0.3) is 5.85 Å². The largest absolute Gasteiger partial charge is 0.462 e. The summed E-state index contributed by atoms with van der Waals surface area (Å²) < 4.78 is 11.1. The van der Waals surface area contributed by atoms with Crippen LogP contribution in [0.15, 0.2) is 35.9 Å². The number of nitrogens with one attached hydrogen (secondary N) is 1. The quantitative estimate of drug-likeness (QED) is 0.310. The maximum atomic E-state index is 13.0. The van der Waals surface area contributed by atoms with Crippen molar-refractivity contribution in [2.45, 2.75) is 51.8 Å². The van der Waals surface area contributed by atoms with Gasteiger partial charge in [0.2, 0.25) is 0 Å². The Morgan fingerprint density at radius 3 is 2.48 bits per heavy atom. The van der Waals surface area contributed by atoms with Gasteiger partial charge in [-0.1, -0.05) is 63.4 Å². The third kappa shape index (κ3) is 6.15. The first-order valence-corrected chi connectivity index (χ1v) is 10.6. The summed E-state index contributed by atoms with van der Waals surface area (Å²) in [6.07, 6.45) is 5.58. The SMILES string of the molecule is CCCCC(CC)COC(=O)C(=Cc1ccccc1)CC1(OC)NC(=O)C(=O)N1OC. The fourth-order valence-electron chi connectivity index (χ4n) is 3.47. The van der Waals surface area contributed by atoms with Crippen molar-refractivity contribution in [1.82, 2.24) is 10.4 Å². The number of unbranched alkanes of at least 4 members (excludes halogenated alkanes) is 1. The number of hydrogen-bond donors (Lipinski definition) is 1. The third-order valence-corrected chi connectivity index (χ3v) is 5.36. The molecular formula is C23H32N2O6. The molecule has 8 nitrogen and oxygen atoms in total. The lowest BCUT2D eigenvalue weighted by Crippen LogP contribution is -2.54. The molecule has 2 atom stereocenters. The normalized spacial score (nSPS) is 20.0. The van der Waals surface area contributed by atoms with Gasteiger partial charge in [-0.05, 0) is 24.0 Å². The molecule has 31 heavy (non-hydrogen) atoms. The van der Waals surface area contributed by atoms with Crippen molar-refractivity contribution in [3.63, 3.8) is 0 Å². The maximum Gasteiger partial charge on any atom is 0.339 e. The monoisotopic (exact) mass is 432 g/mol. The molecule has 170 valence electrons. The van der Waals surface area contributed by atoms with Gasteiger partial charge in [-0.15, -0.1) is 0 Å². The molecule has 1 aromatic carbocycles. The number of amides is 2. The Labute approximate surface area is 183 Å². The van der Waals surface area contributed by atoms with Gasteiger partial charge in [-0.25, -0.2) is 4.79 Å². The zero-order valence-electron chi connectivity index (χ0n) is 18.7. The average molecular weight is 433 g/mol. The van der Waals surface area contributed by atoms with Gasteiger partial charge >= 0.3 is 17.8 Å². The van der Waals surface area contributed by atoms with E-state index in [4.69, 9.17) is 14.3 Å². The Bertz CT molecular complexity index is 795. The fourth-order valence-corrected chi connectivity index (χ4v) is 3.47. The Balaban J connectivity index is 2.29. The van der Waals surface area contributed by atoms with Crippen molar-refractivity contribution in [1.29, 1.82) is 0 Å². The highest BCUT2D eigenvalue weighted by Gasteiger charge is 2.53. The van der Waals surface area contributed by atoms with E-state index >= 15 is 0 Å². The van der Waals surface area contributed by atoms with Crippen LogP contribution in [0.4, 0.5) is 0 Å². The number of hydroxylamine groups is 2. The summed E-state index contributed by atoms with van der Waals surface area (Å²) >= 11 is 0. The molecule has 0 aromatic heterocycles. The van der Waals surface area contributed by atoms with E-state index in [0.29, 0.717) is 6.61 Å². The summed E-state index contributed by atoms with van der Waals surface area (Å²) in [6.45, 7) is 4.51. The molecule has 1 fully saturated rings. The summed E-state index contributed by atoms with van der Waals surface area (Å²) in [4.78, 5) is 42.3. The Morgan fingerprint density at radius 2 is 1.90 bits per heavy atom. The van der Waals surface area contributed by atoms with E-state index in [1.165, 1.54) is 14.2 Å². The van der Waals surface area contributed by atoms with Crippen molar-refractivity contribution in [3.05, 3.63) is 41.5 Å². The number of rotatable bonds is 12. The van der Waals surface area contributed by atoms with Crippen molar-refractivity contribution < 1.29 is 28.7 Å². The van der Waals surface area contributed by atoms with Gasteiger partial charge in [0.1, 0.15) is 0 Å². The van der Waals surface area contributed by atoms with Gasteiger partial charge in [0.15, 0.2) is 0 Å². The summed E-state index contributed by atoms with van der Waals surface area (Å²) in [6, 6.07) is 9.25. The second-order valence-corrected chi connectivity index (χ2v) is 7.50. The summed E-state index contributed by atoms with van der Waals surface area (Å²) in [5.74, 6) is -3.67. The van der Waals surface area contributed by atoms with Crippen LogP contribution in [0.2, 0.25) is 0 Å². The molecule has 1 N–H and O–H groups in total. The zero-order valence-corrected chi connectivity index (χ0v) is 18.7. The fraction of sp³-hybridized carbons (Fsp3) is 0.522. The first kappa shape index (κ1) is 24.6. The van der Waals surface area contributed by atoms with Crippen molar-refractivity contribution in [2.75, 3.05) is 20.8 Å². The van der Waals surface area contributed by atoms with Crippen LogP contribution in [-0.2, 0) is 28.7 Å². The van der Waals surface area contributed by atoms with E-state index < -0.39 is 23.6 Å². The highest BCUT2D eigenvalue weighted by molar-refractivity contribution is 6.36. The number of nitrogens with zero attached hydrogens (tertiary/aromatic N) is 1. The second kappa shape index (κ2) is 11.6. The summed E-state index contributed by atoms with van der Waals surface area (Å²) in [7, 11) is 2.58. The minimum absolute atomic E-state index is 0.145. The van der Waals surface area contributed by atoms with Crippen LogP contribution in [0.1, 0.15) is 51.5 Å². The van der Waals surface area contributed by atoms with Crippen LogP contribution in [0.5, 0.6) is 0 Å². The van der Waals surface area contributed by atoms with E-state index in [9.17, 15) is 14.4 Å². The number of carbonyl (C=O) groups is 3. The molecule has 1 aromatic rings. The predicted octanol–water partition coefficient (Wildman–Crippen LogP) is 3.04. The van der Waals surface area contributed by atoms with E-state index in [1.807, 2.05) is 30.3 Å². The standard InChI is InChI=1S/C23H32N2O6/c1-5-7-11-17(6-2)16-31-22(28)19(14-18-12-9-8-10-13-18)15-23(29-3)24-20(26)21(27)25(23)30-4/h8-10,12-14,17H,5-7,11,15-16H2,1-4H3,(H,24,26). The molecule has 2 amide bonds. The van der Waals surface area contributed by atoms with E-state index in [-0.39, 0.29) is 17.9 Å². The molecule has 0 saturated carbocycles. The Morgan fingerprint density at radius 1 is 1.19 bits per heavy atom. The first-order chi connectivity index (χ1) is 14.9. The van der Waals surface area contributed by atoms with Crippen LogP contribution in [0.3, 0.4) is 0 Å². The lowest BCUT2D eigenvalue weighted by Gasteiger charge is -2.33. The minimum atomic E-state index is -1.64. The number of benzene rings is 1. The van der Waals surface area contributed by atoms with Crippen molar-refractivity contribution in [2.24, 2.45) is 5.92 Å².